The second kappa shape index (κ2) is 13.5. The average Bonchev–Trinajstić information content (AvgIpc) is 2.99. The predicted molar refractivity (Wildman–Crippen MR) is 145 cm³/mol. The molecule has 0 unspecified atom stereocenters. The number of aliphatic hydroxyl groups is 5. The Morgan fingerprint density at radius 2 is 1.61 bits per heavy atom. The number of rotatable bonds is 9. The van der Waals surface area contributed by atoms with Crippen molar-refractivity contribution < 1.29 is 73.7 Å². The number of aliphatic hydroxyl groups excluding tert-OH is 5. The summed E-state index contributed by atoms with van der Waals surface area (Å²) in [5.41, 5.74) is 0.539. The molecule has 3 heterocycles. The Morgan fingerprint density at radius 1 is 0.909 bits per heavy atom. The van der Waals surface area contributed by atoms with E-state index in [1.54, 1.807) is 19.1 Å². The monoisotopic (exact) mass is 624 g/mol. The number of fused-ring (bicyclic) bond motifs is 1. The van der Waals surface area contributed by atoms with E-state index < -0.39 is 85.7 Å². The van der Waals surface area contributed by atoms with Crippen LogP contribution in [0.1, 0.15) is 35.4 Å². The molecule has 44 heavy (non-hydrogen) atoms. The molecule has 0 spiro atoms. The molecule has 2 aromatic rings. The zero-order chi connectivity index (χ0) is 31.7. The van der Waals surface area contributed by atoms with Crippen molar-refractivity contribution in [2.45, 2.75) is 80.9 Å². The van der Waals surface area contributed by atoms with Gasteiger partial charge >= 0.3 is 0 Å². The Bertz CT molecular complexity index is 1290. The lowest BCUT2D eigenvalue weighted by atomic mass is 9.95. The molecular formula is C29H36O15. The smallest absolute Gasteiger partial charge is 0.229 e. The van der Waals surface area contributed by atoms with Crippen LogP contribution in [0.25, 0.3) is 0 Å². The van der Waals surface area contributed by atoms with E-state index in [-0.39, 0.29) is 36.0 Å². The van der Waals surface area contributed by atoms with E-state index >= 15 is 0 Å². The summed E-state index contributed by atoms with van der Waals surface area (Å²) in [6.45, 7) is 0.682. The van der Waals surface area contributed by atoms with Gasteiger partial charge in [0.2, 0.25) is 6.29 Å². The number of phenolic OH excluding ortho intramolecular Hbond substituents is 2. The number of hydrogen-bond acceptors (Lipinski definition) is 15. The standard InChI is InChI=1S/C29H36O15/c1-12-26(39-11-38-2)24(36)25(37)28(40-12)44-27-23(35)22(34)20(10-30)43-29(27)41-15-7-16(32)21-17(33)9-18(42-19(21)8-15)13-3-5-14(31)6-4-13/h3-8,12,18,20,22-32,34-37H,9-11H2,1-2H3/t12-,18+,20-,22-,23+,24-,25-,26-,27-,28+,29-/m1/s1. The number of methoxy groups -OCH3 is 1. The van der Waals surface area contributed by atoms with E-state index in [1.165, 1.54) is 25.3 Å². The van der Waals surface area contributed by atoms with Gasteiger partial charge in [0.05, 0.1) is 19.1 Å². The van der Waals surface area contributed by atoms with Gasteiger partial charge in [-0.05, 0) is 24.6 Å². The van der Waals surface area contributed by atoms with Crippen LogP contribution in [0.15, 0.2) is 36.4 Å². The molecule has 0 bridgehead atoms. The van der Waals surface area contributed by atoms with Crippen molar-refractivity contribution in [3.63, 3.8) is 0 Å². The normalized spacial score (nSPS) is 35.5. The van der Waals surface area contributed by atoms with Crippen LogP contribution >= 0.6 is 0 Å². The first-order valence-electron chi connectivity index (χ1n) is 13.9. The molecule has 2 saturated heterocycles. The maximum absolute atomic E-state index is 12.9. The summed E-state index contributed by atoms with van der Waals surface area (Å²) in [4.78, 5) is 12.9. The van der Waals surface area contributed by atoms with Gasteiger partial charge in [-0.25, -0.2) is 0 Å². The van der Waals surface area contributed by atoms with Gasteiger partial charge in [-0.3, -0.25) is 4.79 Å². The van der Waals surface area contributed by atoms with Gasteiger partial charge < -0.3 is 68.9 Å². The van der Waals surface area contributed by atoms with Gasteiger partial charge in [-0.15, -0.1) is 0 Å². The largest absolute Gasteiger partial charge is 0.508 e. The van der Waals surface area contributed by atoms with Gasteiger partial charge in [0.25, 0.3) is 0 Å². The summed E-state index contributed by atoms with van der Waals surface area (Å²) in [6, 6.07) is 8.55. The summed E-state index contributed by atoms with van der Waals surface area (Å²) in [5, 5.41) is 72.9. The third-order valence-corrected chi connectivity index (χ3v) is 7.76. The number of carbonyl (C=O) groups is 1. The fourth-order valence-electron chi connectivity index (χ4n) is 5.44. The minimum Gasteiger partial charge on any atom is -0.508 e. The van der Waals surface area contributed by atoms with E-state index in [0.717, 1.165) is 6.07 Å². The maximum atomic E-state index is 12.9. The number of hydrogen-bond donors (Lipinski definition) is 7. The van der Waals surface area contributed by atoms with Crippen LogP contribution in [0.4, 0.5) is 0 Å². The molecule has 0 aromatic heterocycles. The number of ether oxygens (including phenoxy) is 7. The zero-order valence-electron chi connectivity index (χ0n) is 23.8. The van der Waals surface area contributed by atoms with Gasteiger partial charge in [0.1, 0.15) is 78.1 Å². The Kier molecular flexibility index (Phi) is 9.91. The molecule has 3 aliphatic rings. The summed E-state index contributed by atoms with van der Waals surface area (Å²) in [7, 11) is 1.39. The van der Waals surface area contributed by atoms with Crippen molar-refractivity contribution >= 4 is 5.78 Å². The van der Waals surface area contributed by atoms with Gasteiger partial charge in [0, 0.05) is 19.2 Å². The van der Waals surface area contributed by atoms with Crippen LogP contribution in [-0.4, -0.2) is 123 Å². The molecule has 2 aromatic carbocycles. The summed E-state index contributed by atoms with van der Waals surface area (Å²) < 4.78 is 39.3. The van der Waals surface area contributed by atoms with Gasteiger partial charge in [0.15, 0.2) is 18.2 Å². The molecule has 15 heteroatoms. The lowest BCUT2D eigenvalue weighted by Crippen LogP contribution is -2.64. The number of carbonyl (C=O) groups excluding carboxylic acids is 1. The minimum absolute atomic E-state index is 0.00743. The Morgan fingerprint density at radius 3 is 2.30 bits per heavy atom. The van der Waals surface area contributed by atoms with Crippen molar-refractivity contribution in [1.82, 2.24) is 0 Å². The van der Waals surface area contributed by atoms with Crippen LogP contribution in [0.2, 0.25) is 0 Å². The van der Waals surface area contributed by atoms with Crippen LogP contribution < -0.4 is 9.47 Å². The topological polar surface area (TPSA) is 223 Å². The first-order chi connectivity index (χ1) is 21.0. The van der Waals surface area contributed by atoms with Crippen molar-refractivity contribution in [2.24, 2.45) is 0 Å². The molecule has 3 aliphatic heterocycles. The van der Waals surface area contributed by atoms with E-state index in [9.17, 15) is 40.5 Å². The second-order valence-electron chi connectivity index (χ2n) is 10.8. The summed E-state index contributed by atoms with van der Waals surface area (Å²) in [6.07, 6.45) is -15.1. The molecule has 11 atom stereocenters. The lowest BCUT2D eigenvalue weighted by Gasteiger charge is -2.46. The molecule has 0 amide bonds. The molecule has 5 rings (SSSR count). The molecule has 242 valence electrons. The summed E-state index contributed by atoms with van der Waals surface area (Å²) >= 11 is 0. The van der Waals surface area contributed by atoms with Crippen molar-refractivity contribution in [1.29, 1.82) is 0 Å². The highest BCUT2D eigenvalue weighted by molar-refractivity contribution is 6.02. The SMILES string of the molecule is COCO[C@H]1[C@H](O)[C@@H](O)[C@H](O[C@H]2[C@H](Oc3cc(O)c4c(c3)O[C@H](c3ccc(O)cc3)CC4=O)O[C@H](CO)[C@@H](O)[C@@H]2O)O[C@@H]1C. The average molecular weight is 625 g/mol. The highest BCUT2D eigenvalue weighted by Crippen LogP contribution is 2.43. The van der Waals surface area contributed by atoms with E-state index in [0.29, 0.717) is 5.56 Å². The van der Waals surface area contributed by atoms with Crippen LogP contribution in [0.3, 0.4) is 0 Å². The number of aromatic hydroxyl groups is 2. The first-order valence-corrected chi connectivity index (χ1v) is 13.9. The van der Waals surface area contributed by atoms with Gasteiger partial charge in [-0.1, -0.05) is 12.1 Å². The van der Waals surface area contributed by atoms with Crippen LogP contribution in [-0.2, 0) is 23.7 Å². The quantitative estimate of drug-likeness (QED) is 0.174. The lowest BCUT2D eigenvalue weighted by molar-refractivity contribution is -0.359. The fraction of sp³-hybridized carbons (Fsp3) is 0.552. The van der Waals surface area contributed by atoms with Crippen molar-refractivity contribution in [2.75, 3.05) is 20.5 Å². The second-order valence-corrected chi connectivity index (χ2v) is 10.8. The molecule has 2 fully saturated rings. The molecule has 7 N–H and O–H groups in total. The van der Waals surface area contributed by atoms with Crippen LogP contribution in [0.5, 0.6) is 23.0 Å². The number of phenols is 2. The van der Waals surface area contributed by atoms with E-state index in [4.69, 9.17) is 33.2 Å². The first kappa shape index (κ1) is 32.3. The third kappa shape index (κ3) is 6.48. The Hall–Kier alpha value is -3.09. The van der Waals surface area contributed by atoms with E-state index in [1.807, 2.05) is 0 Å². The minimum atomic E-state index is -1.74. The fourth-order valence-corrected chi connectivity index (χ4v) is 5.44. The number of ketones is 1. The Labute approximate surface area is 251 Å². The summed E-state index contributed by atoms with van der Waals surface area (Å²) in [5.74, 6) is -0.912. The van der Waals surface area contributed by atoms with Gasteiger partial charge in [-0.2, -0.15) is 0 Å². The third-order valence-electron chi connectivity index (χ3n) is 7.76. The number of benzene rings is 2. The molecule has 0 radical (unpaired) electrons. The maximum Gasteiger partial charge on any atom is 0.229 e. The molecular weight excluding hydrogens is 588 g/mol. The number of Topliss-reactive ketones (excluding diaryl/α,β-unsaturated/α-hetero) is 1. The highest BCUT2D eigenvalue weighted by Gasteiger charge is 2.51. The molecule has 0 aliphatic carbocycles. The zero-order valence-corrected chi connectivity index (χ0v) is 23.8. The highest BCUT2D eigenvalue weighted by atomic mass is 16.8. The Balaban J connectivity index is 1.38. The molecule has 15 nitrogen and oxygen atoms in total. The predicted octanol–water partition coefficient (Wildman–Crippen LogP) is -0.537. The van der Waals surface area contributed by atoms with Crippen molar-refractivity contribution in [3.8, 4) is 23.0 Å². The van der Waals surface area contributed by atoms with E-state index in [2.05, 4.69) is 0 Å². The molecule has 0 saturated carbocycles. The van der Waals surface area contributed by atoms with Crippen molar-refractivity contribution in [3.05, 3.63) is 47.5 Å². The van der Waals surface area contributed by atoms with Crippen LogP contribution in [0, 0.1) is 0 Å².